The van der Waals surface area contributed by atoms with E-state index in [9.17, 15) is 4.79 Å². The summed E-state index contributed by atoms with van der Waals surface area (Å²) in [5.41, 5.74) is 6.61. The molecule has 0 aliphatic carbocycles. The van der Waals surface area contributed by atoms with Gasteiger partial charge in [-0.3, -0.25) is 4.79 Å². The van der Waals surface area contributed by atoms with Crippen molar-refractivity contribution in [2.24, 2.45) is 5.73 Å². The summed E-state index contributed by atoms with van der Waals surface area (Å²) < 4.78 is 0.566. The minimum atomic E-state index is -0.511. The molecule has 0 aliphatic rings. The molecule has 0 atom stereocenters. The highest BCUT2D eigenvalue weighted by Crippen LogP contribution is 2.21. The Labute approximate surface area is 81.5 Å². The van der Waals surface area contributed by atoms with Gasteiger partial charge in [-0.15, -0.1) is 0 Å². The topological polar surface area (TPSA) is 84.7 Å². The number of aromatic amines is 1. The third-order valence-corrected chi connectivity index (χ3v) is 2.26. The van der Waals surface area contributed by atoms with Gasteiger partial charge in [0.2, 0.25) is 0 Å². The number of halogens is 1. The second kappa shape index (κ2) is 2.81. The van der Waals surface area contributed by atoms with E-state index in [0.717, 1.165) is 0 Å². The van der Waals surface area contributed by atoms with Crippen LogP contribution in [0.5, 0.6) is 0 Å². The molecule has 0 fully saturated rings. The van der Waals surface area contributed by atoms with Gasteiger partial charge in [0.15, 0.2) is 5.65 Å². The molecule has 0 spiro atoms. The lowest BCUT2D eigenvalue weighted by molar-refractivity contribution is 0.100. The molecule has 13 heavy (non-hydrogen) atoms. The van der Waals surface area contributed by atoms with Crippen molar-refractivity contribution in [3.05, 3.63) is 22.6 Å². The van der Waals surface area contributed by atoms with Crippen LogP contribution in [0.3, 0.4) is 0 Å². The lowest BCUT2D eigenvalue weighted by atomic mass is 10.2. The standard InChI is InChI=1S/C7H5BrN4O/c8-3-1-10-7-5(11-2-12-7)4(3)6(9)13/h1-2H,(H2,9,13)(H,10,11,12). The molecule has 5 nitrogen and oxygen atoms in total. The average Bonchev–Trinajstić information content (AvgIpc) is 2.50. The number of nitrogens with zero attached hydrogens (tertiary/aromatic N) is 2. The maximum Gasteiger partial charge on any atom is 0.252 e. The van der Waals surface area contributed by atoms with Crippen LogP contribution in [0.1, 0.15) is 10.4 Å². The van der Waals surface area contributed by atoms with E-state index in [-0.39, 0.29) is 0 Å². The first-order valence-corrected chi connectivity index (χ1v) is 4.27. The van der Waals surface area contributed by atoms with E-state index in [1.807, 2.05) is 0 Å². The minimum absolute atomic E-state index is 0.377. The number of H-pyrrole nitrogens is 1. The number of rotatable bonds is 1. The first-order valence-electron chi connectivity index (χ1n) is 3.47. The molecule has 6 heteroatoms. The maximum absolute atomic E-state index is 11.1. The molecule has 0 saturated heterocycles. The third-order valence-electron chi connectivity index (χ3n) is 1.65. The first-order chi connectivity index (χ1) is 6.20. The summed E-state index contributed by atoms with van der Waals surface area (Å²) in [7, 11) is 0. The summed E-state index contributed by atoms with van der Waals surface area (Å²) in [4.78, 5) is 21.8. The van der Waals surface area contributed by atoms with Crippen LogP contribution in [0.4, 0.5) is 0 Å². The number of carbonyl (C=O) groups excluding carboxylic acids is 1. The van der Waals surface area contributed by atoms with E-state index >= 15 is 0 Å². The fourth-order valence-corrected chi connectivity index (χ4v) is 1.61. The van der Waals surface area contributed by atoms with E-state index in [2.05, 4.69) is 30.9 Å². The Balaban J connectivity index is 2.88. The van der Waals surface area contributed by atoms with Gasteiger partial charge in [0.1, 0.15) is 0 Å². The Morgan fingerprint density at radius 2 is 2.31 bits per heavy atom. The van der Waals surface area contributed by atoms with E-state index in [1.54, 1.807) is 0 Å². The highest BCUT2D eigenvalue weighted by Gasteiger charge is 2.13. The van der Waals surface area contributed by atoms with Crippen LogP contribution in [0, 0.1) is 0 Å². The molecule has 1 amide bonds. The van der Waals surface area contributed by atoms with Gasteiger partial charge in [0, 0.05) is 6.20 Å². The van der Waals surface area contributed by atoms with Gasteiger partial charge in [-0.1, -0.05) is 0 Å². The zero-order chi connectivity index (χ0) is 9.42. The summed E-state index contributed by atoms with van der Waals surface area (Å²) in [5, 5.41) is 0. The SMILES string of the molecule is NC(=O)c1c(Br)cnc2nc[nH]c12. The summed E-state index contributed by atoms with van der Waals surface area (Å²) in [6.07, 6.45) is 2.97. The molecule has 2 aromatic rings. The van der Waals surface area contributed by atoms with Crippen molar-refractivity contribution in [3.8, 4) is 0 Å². The van der Waals surface area contributed by atoms with E-state index in [1.165, 1.54) is 12.5 Å². The van der Waals surface area contributed by atoms with Crippen LogP contribution >= 0.6 is 15.9 Å². The van der Waals surface area contributed by atoms with Crippen molar-refractivity contribution in [1.82, 2.24) is 15.0 Å². The Bertz CT molecular complexity index is 478. The fraction of sp³-hybridized carbons (Fsp3) is 0. The van der Waals surface area contributed by atoms with E-state index in [4.69, 9.17) is 5.73 Å². The van der Waals surface area contributed by atoms with Crippen LogP contribution < -0.4 is 5.73 Å². The third kappa shape index (κ3) is 1.19. The quantitative estimate of drug-likeness (QED) is 0.774. The van der Waals surface area contributed by atoms with Gasteiger partial charge in [0.05, 0.1) is 21.9 Å². The zero-order valence-corrected chi connectivity index (χ0v) is 8.00. The predicted octanol–water partition coefficient (Wildman–Crippen LogP) is 0.819. The maximum atomic E-state index is 11.1. The summed E-state index contributed by atoms with van der Waals surface area (Å²) in [6, 6.07) is 0. The number of amides is 1. The van der Waals surface area contributed by atoms with Crippen LogP contribution in [0.25, 0.3) is 11.2 Å². The van der Waals surface area contributed by atoms with Crippen molar-refractivity contribution >= 4 is 33.0 Å². The molecule has 0 saturated carbocycles. The molecule has 0 bridgehead atoms. The second-order valence-electron chi connectivity index (χ2n) is 2.45. The number of carbonyl (C=O) groups is 1. The van der Waals surface area contributed by atoms with Crippen molar-refractivity contribution in [1.29, 1.82) is 0 Å². The van der Waals surface area contributed by atoms with Crippen LogP contribution in [0.2, 0.25) is 0 Å². The van der Waals surface area contributed by atoms with Crippen molar-refractivity contribution in [3.63, 3.8) is 0 Å². The summed E-state index contributed by atoms with van der Waals surface area (Å²) >= 11 is 3.19. The number of aromatic nitrogens is 3. The summed E-state index contributed by atoms with van der Waals surface area (Å²) in [5.74, 6) is -0.511. The van der Waals surface area contributed by atoms with E-state index in [0.29, 0.717) is 21.2 Å². The molecular weight excluding hydrogens is 236 g/mol. The van der Waals surface area contributed by atoms with Gasteiger partial charge in [-0.2, -0.15) is 0 Å². The second-order valence-corrected chi connectivity index (χ2v) is 3.30. The van der Waals surface area contributed by atoms with E-state index < -0.39 is 5.91 Å². The number of primary amides is 1. The number of hydrogen-bond donors (Lipinski definition) is 2. The molecule has 2 rings (SSSR count). The molecule has 2 heterocycles. The number of hydrogen-bond acceptors (Lipinski definition) is 3. The van der Waals surface area contributed by atoms with Crippen LogP contribution in [0.15, 0.2) is 17.0 Å². The van der Waals surface area contributed by atoms with Gasteiger partial charge in [-0.25, -0.2) is 9.97 Å². The molecule has 3 N–H and O–H groups in total. The van der Waals surface area contributed by atoms with Gasteiger partial charge in [0.25, 0.3) is 5.91 Å². The summed E-state index contributed by atoms with van der Waals surface area (Å²) in [6.45, 7) is 0. The lowest BCUT2D eigenvalue weighted by Crippen LogP contribution is -2.12. The monoisotopic (exact) mass is 240 g/mol. The number of nitrogens with one attached hydrogen (secondary N) is 1. The smallest absolute Gasteiger partial charge is 0.252 e. The van der Waals surface area contributed by atoms with Crippen LogP contribution in [-0.2, 0) is 0 Å². The number of nitrogens with two attached hydrogens (primary N) is 1. The van der Waals surface area contributed by atoms with Gasteiger partial charge < -0.3 is 10.7 Å². The number of imidazole rings is 1. The normalized spacial score (nSPS) is 10.5. The first kappa shape index (κ1) is 8.18. The van der Waals surface area contributed by atoms with Gasteiger partial charge >= 0.3 is 0 Å². The molecule has 0 unspecified atom stereocenters. The Hall–Kier alpha value is -1.43. The largest absolute Gasteiger partial charge is 0.365 e. The molecule has 0 radical (unpaired) electrons. The lowest BCUT2D eigenvalue weighted by Gasteiger charge is -1.99. The Kier molecular flexibility index (Phi) is 1.77. The van der Waals surface area contributed by atoms with Gasteiger partial charge in [-0.05, 0) is 15.9 Å². The Morgan fingerprint density at radius 1 is 1.54 bits per heavy atom. The Morgan fingerprint density at radius 3 is 3.00 bits per heavy atom. The minimum Gasteiger partial charge on any atom is -0.365 e. The van der Waals surface area contributed by atoms with Crippen molar-refractivity contribution in [2.75, 3.05) is 0 Å². The molecule has 66 valence electrons. The average molecular weight is 241 g/mol. The highest BCUT2D eigenvalue weighted by atomic mass is 79.9. The van der Waals surface area contributed by atoms with Crippen LogP contribution in [-0.4, -0.2) is 20.9 Å². The number of fused-ring (bicyclic) bond motifs is 1. The number of pyridine rings is 1. The molecule has 0 aliphatic heterocycles. The van der Waals surface area contributed by atoms with Crippen molar-refractivity contribution in [2.45, 2.75) is 0 Å². The molecule has 2 aromatic heterocycles. The zero-order valence-electron chi connectivity index (χ0n) is 6.41. The van der Waals surface area contributed by atoms with Crippen molar-refractivity contribution < 1.29 is 4.79 Å². The highest BCUT2D eigenvalue weighted by molar-refractivity contribution is 9.10. The molecule has 0 aromatic carbocycles. The predicted molar refractivity (Wildman–Crippen MR) is 50.1 cm³/mol. The molecular formula is C7H5BrN4O. The fourth-order valence-electron chi connectivity index (χ4n) is 1.11.